The second-order valence-corrected chi connectivity index (χ2v) is 5.34. The first-order chi connectivity index (χ1) is 9.10. The van der Waals surface area contributed by atoms with Gasteiger partial charge < -0.3 is 15.3 Å². The maximum atomic E-state index is 12.1. The van der Waals surface area contributed by atoms with Crippen LogP contribution in [-0.2, 0) is 4.79 Å². The highest BCUT2D eigenvalue weighted by atomic mass is 19.4. The second-order valence-electron chi connectivity index (χ2n) is 5.34. The molecule has 0 radical (unpaired) electrons. The number of aliphatic carboxylic acids is 1. The van der Waals surface area contributed by atoms with E-state index in [2.05, 4.69) is 5.32 Å². The summed E-state index contributed by atoms with van der Waals surface area (Å²) in [6.45, 7) is 4.55. The number of alkyl halides is 3. The highest BCUT2D eigenvalue weighted by Crippen LogP contribution is 2.20. The molecule has 20 heavy (non-hydrogen) atoms. The largest absolute Gasteiger partial charge is 0.480 e. The van der Waals surface area contributed by atoms with E-state index in [9.17, 15) is 23.1 Å². The van der Waals surface area contributed by atoms with Gasteiger partial charge in [-0.3, -0.25) is 4.79 Å². The number of carboxylic acids is 1. The van der Waals surface area contributed by atoms with Crippen molar-refractivity contribution in [2.45, 2.75) is 51.2 Å². The molecule has 0 aromatic carbocycles. The van der Waals surface area contributed by atoms with Crippen LogP contribution in [0.25, 0.3) is 0 Å². The topological polar surface area (TPSA) is 52.6 Å². The summed E-state index contributed by atoms with van der Waals surface area (Å²) in [5.74, 6) is -0.927. The van der Waals surface area contributed by atoms with Gasteiger partial charge in [0.1, 0.15) is 5.54 Å². The number of carbonyl (C=O) groups is 1. The van der Waals surface area contributed by atoms with Crippen LogP contribution >= 0.6 is 0 Å². The fraction of sp³-hybridized carbons (Fsp3) is 0.923. The maximum Gasteiger partial charge on any atom is 0.390 e. The van der Waals surface area contributed by atoms with Gasteiger partial charge in [-0.05, 0) is 46.3 Å². The molecule has 0 fully saturated rings. The molecular weight excluding hydrogens is 273 g/mol. The Kier molecular flexibility index (Phi) is 8.12. The SMILES string of the molecule is CCCNC(C)(CCCN(C)CCC(F)(F)F)C(=O)O. The summed E-state index contributed by atoms with van der Waals surface area (Å²) in [5.41, 5.74) is -1.01. The van der Waals surface area contributed by atoms with Crippen LogP contribution in [0.3, 0.4) is 0 Å². The first-order valence-electron chi connectivity index (χ1n) is 6.84. The van der Waals surface area contributed by atoms with Gasteiger partial charge in [0.15, 0.2) is 0 Å². The number of halogens is 3. The number of hydrogen-bond donors (Lipinski definition) is 2. The van der Waals surface area contributed by atoms with Crippen LogP contribution in [-0.4, -0.2) is 54.4 Å². The molecule has 1 unspecified atom stereocenters. The molecule has 1 atom stereocenters. The van der Waals surface area contributed by atoms with Crippen molar-refractivity contribution >= 4 is 5.97 Å². The molecule has 0 rings (SSSR count). The first-order valence-corrected chi connectivity index (χ1v) is 6.84. The average Bonchev–Trinajstić information content (AvgIpc) is 2.33. The lowest BCUT2D eigenvalue weighted by molar-refractivity contribution is -0.144. The molecule has 0 aliphatic rings. The third kappa shape index (κ3) is 8.37. The van der Waals surface area contributed by atoms with Gasteiger partial charge >= 0.3 is 12.1 Å². The normalized spacial score (nSPS) is 15.3. The van der Waals surface area contributed by atoms with Crippen molar-refractivity contribution in [2.24, 2.45) is 0 Å². The van der Waals surface area contributed by atoms with E-state index in [1.165, 1.54) is 0 Å². The van der Waals surface area contributed by atoms with Crippen molar-refractivity contribution in [3.63, 3.8) is 0 Å². The van der Waals surface area contributed by atoms with Crippen LogP contribution < -0.4 is 5.32 Å². The van der Waals surface area contributed by atoms with E-state index in [0.717, 1.165) is 6.42 Å². The van der Waals surface area contributed by atoms with Crippen LogP contribution in [0.4, 0.5) is 13.2 Å². The van der Waals surface area contributed by atoms with E-state index in [1.807, 2.05) is 6.92 Å². The summed E-state index contributed by atoms with van der Waals surface area (Å²) in [6.07, 6.45) is -3.23. The van der Waals surface area contributed by atoms with Crippen molar-refractivity contribution in [3.8, 4) is 0 Å². The predicted molar refractivity (Wildman–Crippen MR) is 71.7 cm³/mol. The maximum absolute atomic E-state index is 12.1. The number of nitrogens with zero attached hydrogens (tertiary/aromatic N) is 1. The summed E-state index contributed by atoms with van der Waals surface area (Å²) in [5, 5.41) is 12.2. The number of rotatable bonds is 10. The lowest BCUT2D eigenvalue weighted by Crippen LogP contribution is -2.50. The van der Waals surface area contributed by atoms with Gasteiger partial charge in [0.2, 0.25) is 0 Å². The van der Waals surface area contributed by atoms with Crippen LogP contribution in [0, 0.1) is 0 Å². The molecule has 0 amide bonds. The van der Waals surface area contributed by atoms with Gasteiger partial charge in [0.05, 0.1) is 6.42 Å². The van der Waals surface area contributed by atoms with Crippen molar-refractivity contribution in [1.29, 1.82) is 0 Å². The summed E-state index contributed by atoms with van der Waals surface area (Å²) < 4.78 is 36.2. The fourth-order valence-corrected chi connectivity index (χ4v) is 1.80. The summed E-state index contributed by atoms with van der Waals surface area (Å²) >= 11 is 0. The molecule has 0 aromatic heterocycles. The van der Waals surface area contributed by atoms with Crippen LogP contribution in [0.2, 0.25) is 0 Å². The highest BCUT2D eigenvalue weighted by Gasteiger charge is 2.32. The summed E-state index contributed by atoms with van der Waals surface area (Å²) in [7, 11) is 1.61. The van der Waals surface area contributed by atoms with E-state index in [4.69, 9.17) is 0 Å². The molecule has 4 nitrogen and oxygen atoms in total. The molecular formula is C13H25F3N2O2. The molecule has 120 valence electrons. The van der Waals surface area contributed by atoms with Crippen LogP contribution in [0.1, 0.15) is 39.5 Å². The van der Waals surface area contributed by atoms with Gasteiger partial charge in [-0.15, -0.1) is 0 Å². The molecule has 0 saturated heterocycles. The van der Waals surface area contributed by atoms with E-state index in [-0.39, 0.29) is 6.54 Å². The predicted octanol–water partition coefficient (Wildman–Crippen LogP) is 2.49. The quantitative estimate of drug-likeness (QED) is 0.650. The van der Waals surface area contributed by atoms with E-state index < -0.39 is 24.1 Å². The second kappa shape index (κ2) is 8.46. The minimum Gasteiger partial charge on any atom is -0.480 e. The number of hydrogen-bond acceptors (Lipinski definition) is 3. The number of carboxylic acid groups (broad SMARTS) is 1. The highest BCUT2D eigenvalue weighted by molar-refractivity contribution is 5.78. The fourth-order valence-electron chi connectivity index (χ4n) is 1.80. The minimum absolute atomic E-state index is 0.0598. The molecule has 0 aliphatic carbocycles. The van der Waals surface area contributed by atoms with E-state index in [0.29, 0.717) is 25.9 Å². The van der Waals surface area contributed by atoms with E-state index >= 15 is 0 Å². The zero-order chi connectivity index (χ0) is 15.8. The molecule has 0 aromatic rings. The lowest BCUT2D eigenvalue weighted by atomic mass is 9.95. The van der Waals surface area contributed by atoms with Gasteiger partial charge in [0.25, 0.3) is 0 Å². The molecule has 0 spiro atoms. The Morgan fingerprint density at radius 2 is 1.85 bits per heavy atom. The molecule has 7 heteroatoms. The Labute approximate surface area is 118 Å². The zero-order valence-corrected chi connectivity index (χ0v) is 12.4. The zero-order valence-electron chi connectivity index (χ0n) is 12.4. The van der Waals surface area contributed by atoms with Crippen molar-refractivity contribution in [1.82, 2.24) is 10.2 Å². The lowest BCUT2D eigenvalue weighted by Gasteiger charge is -2.27. The molecule has 0 bridgehead atoms. The molecule has 0 heterocycles. The van der Waals surface area contributed by atoms with Crippen molar-refractivity contribution in [2.75, 3.05) is 26.7 Å². The van der Waals surface area contributed by atoms with Crippen molar-refractivity contribution in [3.05, 3.63) is 0 Å². The van der Waals surface area contributed by atoms with Gasteiger partial charge in [-0.2, -0.15) is 13.2 Å². The smallest absolute Gasteiger partial charge is 0.390 e. The summed E-state index contributed by atoms with van der Waals surface area (Å²) in [6, 6.07) is 0. The summed E-state index contributed by atoms with van der Waals surface area (Å²) in [4.78, 5) is 12.8. The Morgan fingerprint density at radius 3 is 2.30 bits per heavy atom. The average molecular weight is 298 g/mol. The Morgan fingerprint density at radius 1 is 1.25 bits per heavy atom. The van der Waals surface area contributed by atoms with Crippen LogP contribution in [0.5, 0.6) is 0 Å². The van der Waals surface area contributed by atoms with Crippen LogP contribution in [0.15, 0.2) is 0 Å². The van der Waals surface area contributed by atoms with Gasteiger partial charge in [-0.25, -0.2) is 0 Å². The first kappa shape index (κ1) is 19.2. The standard InChI is InChI=1S/C13H25F3N2O2/c1-4-8-17-12(2,11(19)20)6-5-9-18(3)10-7-13(14,15)16/h17H,4-10H2,1-3H3,(H,19,20). The third-order valence-electron chi connectivity index (χ3n) is 3.23. The van der Waals surface area contributed by atoms with Crippen molar-refractivity contribution < 1.29 is 23.1 Å². The Balaban J connectivity index is 4.08. The molecule has 2 N–H and O–H groups in total. The minimum atomic E-state index is -4.15. The van der Waals surface area contributed by atoms with E-state index in [1.54, 1.807) is 18.9 Å². The Hall–Kier alpha value is -0.820. The molecule has 0 aliphatic heterocycles. The van der Waals surface area contributed by atoms with Gasteiger partial charge in [0, 0.05) is 6.54 Å². The number of nitrogens with one attached hydrogen (secondary N) is 1. The Bertz CT molecular complexity index is 298. The molecule has 0 saturated carbocycles. The monoisotopic (exact) mass is 298 g/mol. The van der Waals surface area contributed by atoms with Gasteiger partial charge in [-0.1, -0.05) is 6.92 Å². The third-order valence-corrected chi connectivity index (χ3v) is 3.23.